The van der Waals surface area contributed by atoms with Crippen LogP contribution in [0.15, 0.2) is 60.9 Å². The zero-order valence-electron chi connectivity index (χ0n) is 15.9. The van der Waals surface area contributed by atoms with E-state index in [4.69, 9.17) is 10.5 Å². The van der Waals surface area contributed by atoms with E-state index in [1.165, 1.54) is 4.90 Å². The monoisotopic (exact) mass is 391 g/mol. The lowest BCUT2D eigenvalue weighted by Gasteiger charge is -2.26. The Morgan fingerprint density at radius 2 is 1.97 bits per heavy atom. The Kier molecular flexibility index (Phi) is 4.90. The van der Waals surface area contributed by atoms with E-state index in [1.807, 2.05) is 30.5 Å². The minimum absolute atomic E-state index is 0.257. The van der Waals surface area contributed by atoms with Crippen molar-refractivity contribution in [2.24, 2.45) is 5.73 Å². The number of nitrogens with two attached hydrogens (primary N) is 1. The van der Waals surface area contributed by atoms with E-state index in [1.54, 1.807) is 42.5 Å². The molecule has 29 heavy (non-hydrogen) atoms. The molecule has 1 aliphatic heterocycles. The molecule has 0 saturated carbocycles. The number of aromatic amines is 1. The van der Waals surface area contributed by atoms with Crippen molar-refractivity contribution in [1.82, 2.24) is 15.1 Å². The molecule has 1 atom stereocenters. The highest BCUT2D eigenvalue weighted by atomic mass is 16.5. The van der Waals surface area contributed by atoms with E-state index < -0.39 is 11.9 Å². The average Bonchev–Trinajstić information content (AvgIpc) is 3.39. The fraction of sp³-hybridized carbons (Fsp3) is 0.190. The van der Waals surface area contributed by atoms with Crippen molar-refractivity contribution in [3.8, 4) is 16.9 Å². The second-order valence-electron chi connectivity index (χ2n) is 6.74. The van der Waals surface area contributed by atoms with E-state index in [-0.39, 0.29) is 6.03 Å². The SMILES string of the molecule is COc1cccc(C(C(N)=O)N2CCN(c3ccc(-c4cn[nH]c4)cc3)C2=O)c1. The van der Waals surface area contributed by atoms with Crippen molar-refractivity contribution in [2.45, 2.75) is 6.04 Å². The molecular weight excluding hydrogens is 370 g/mol. The predicted octanol–water partition coefficient (Wildman–Crippen LogP) is 2.55. The number of ether oxygens (including phenoxy) is 1. The highest BCUT2D eigenvalue weighted by molar-refractivity contribution is 5.97. The third-order valence-corrected chi connectivity index (χ3v) is 5.04. The van der Waals surface area contributed by atoms with Crippen molar-refractivity contribution in [2.75, 3.05) is 25.1 Å². The Morgan fingerprint density at radius 3 is 2.62 bits per heavy atom. The maximum absolute atomic E-state index is 13.1. The Hall–Kier alpha value is -3.81. The molecule has 1 saturated heterocycles. The van der Waals surface area contributed by atoms with Crippen LogP contribution in [0.4, 0.5) is 10.5 Å². The van der Waals surface area contributed by atoms with E-state index in [0.29, 0.717) is 24.4 Å². The molecule has 3 amide bonds. The molecule has 8 heteroatoms. The Morgan fingerprint density at radius 1 is 1.17 bits per heavy atom. The first-order valence-corrected chi connectivity index (χ1v) is 9.19. The van der Waals surface area contributed by atoms with Crippen LogP contribution in [-0.4, -0.2) is 47.2 Å². The van der Waals surface area contributed by atoms with Crippen LogP contribution in [-0.2, 0) is 4.79 Å². The van der Waals surface area contributed by atoms with Gasteiger partial charge in [0.05, 0.1) is 13.3 Å². The molecule has 3 N–H and O–H groups in total. The number of nitrogens with zero attached hydrogens (tertiary/aromatic N) is 3. The predicted molar refractivity (Wildman–Crippen MR) is 108 cm³/mol. The number of nitrogens with one attached hydrogen (secondary N) is 1. The van der Waals surface area contributed by atoms with Crippen molar-refractivity contribution >= 4 is 17.6 Å². The minimum atomic E-state index is -0.854. The normalized spacial score (nSPS) is 14.9. The number of benzene rings is 2. The van der Waals surface area contributed by atoms with Crippen LogP contribution in [0.2, 0.25) is 0 Å². The van der Waals surface area contributed by atoms with Gasteiger partial charge in [0.25, 0.3) is 0 Å². The largest absolute Gasteiger partial charge is 0.497 e. The number of hydrogen-bond acceptors (Lipinski definition) is 4. The molecule has 8 nitrogen and oxygen atoms in total. The summed E-state index contributed by atoms with van der Waals surface area (Å²) in [4.78, 5) is 28.5. The summed E-state index contributed by atoms with van der Waals surface area (Å²) in [5.41, 5.74) is 9.02. The summed E-state index contributed by atoms with van der Waals surface area (Å²) in [6.07, 6.45) is 3.55. The number of H-pyrrole nitrogens is 1. The molecule has 0 aliphatic carbocycles. The fourth-order valence-electron chi connectivity index (χ4n) is 3.59. The van der Waals surface area contributed by atoms with Crippen LogP contribution in [0.25, 0.3) is 11.1 Å². The number of methoxy groups -OCH3 is 1. The van der Waals surface area contributed by atoms with Gasteiger partial charge >= 0.3 is 6.03 Å². The van der Waals surface area contributed by atoms with Crippen molar-refractivity contribution < 1.29 is 14.3 Å². The summed E-state index contributed by atoms with van der Waals surface area (Å²) in [6.45, 7) is 0.866. The Bertz CT molecular complexity index is 1020. The van der Waals surface area contributed by atoms with Gasteiger partial charge in [-0.15, -0.1) is 0 Å². The van der Waals surface area contributed by atoms with Gasteiger partial charge in [-0.1, -0.05) is 24.3 Å². The summed E-state index contributed by atoms with van der Waals surface area (Å²) in [7, 11) is 1.55. The average molecular weight is 391 g/mol. The molecule has 1 unspecified atom stereocenters. The molecule has 1 fully saturated rings. The molecule has 2 aromatic carbocycles. The van der Waals surface area contributed by atoms with Crippen LogP contribution in [0.5, 0.6) is 5.75 Å². The summed E-state index contributed by atoms with van der Waals surface area (Å²) in [5.74, 6) is 0.0239. The van der Waals surface area contributed by atoms with E-state index >= 15 is 0 Å². The maximum Gasteiger partial charge on any atom is 0.325 e. The molecular formula is C21H21N5O3. The zero-order chi connectivity index (χ0) is 20.4. The molecule has 0 spiro atoms. The molecule has 3 aromatic rings. The summed E-state index contributed by atoms with van der Waals surface area (Å²) >= 11 is 0. The third-order valence-electron chi connectivity index (χ3n) is 5.04. The lowest BCUT2D eigenvalue weighted by atomic mass is 10.0. The summed E-state index contributed by atoms with van der Waals surface area (Å²) in [5, 5.41) is 6.73. The number of carbonyl (C=O) groups is 2. The number of primary amides is 1. The number of carbonyl (C=O) groups excluding carboxylic acids is 2. The minimum Gasteiger partial charge on any atom is -0.497 e. The summed E-state index contributed by atoms with van der Waals surface area (Å²) < 4.78 is 5.23. The number of rotatable bonds is 6. The molecule has 4 rings (SSSR count). The quantitative estimate of drug-likeness (QED) is 0.674. The lowest BCUT2D eigenvalue weighted by molar-refractivity contribution is -0.122. The first-order valence-electron chi connectivity index (χ1n) is 9.19. The van der Waals surface area contributed by atoms with Crippen LogP contribution in [0.3, 0.4) is 0 Å². The van der Waals surface area contributed by atoms with Crippen molar-refractivity contribution in [3.63, 3.8) is 0 Å². The highest BCUT2D eigenvalue weighted by Crippen LogP contribution is 2.31. The summed E-state index contributed by atoms with van der Waals surface area (Å²) in [6, 6.07) is 13.6. The molecule has 1 aromatic heterocycles. The van der Waals surface area contributed by atoms with Crippen molar-refractivity contribution in [3.05, 3.63) is 66.5 Å². The van der Waals surface area contributed by atoms with Gasteiger partial charge in [0.1, 0.15) is 11.8 Å². The number of aromatic nitrogens is 2. The number of anilines is 1. The van der Waals surface area contributed by atoms with Gasteiger partial charge in [-0.2, -0.15) is 5.10 Å². The topological polar surface area (TPSA) is 105 Å². The van der Waals surface area contributed by atoms with Gasteiger partial charge in [0.15, 0.2) is 0 Å². The van der Waals surface area contributed by atoms with Crippen LogP contribution >= 0.6 is 0 Å². The third kappa shape index (κ3) is 3.52. The van der Waals surface area contributed by atoms with Gasteiger partial charge in [-0.25, -0.2) is 4.79 Å². The van der Waals surface area contributed by atoms with Gasteiger partial charge in [0.2, 0.25) is 5.91 Å². The molecule has 1 aliphatic rings. The van der Waals surface area contributed by atoms with E-state index in [9.17, 15) is 9.59 Å². The molecule has 2 heterocycles. The van der Waals surface area contributed by atoms with E-state index in [2.05, 4.69) is 10.2 Å². The first kappa shape index (κ1) is 18.5. The number of urea groups is 1. The van der Waals surface area contributed by atoms with E-state index in [0.717, 1.165) is 16.8 Å². The van der Waals surface area contributed by atoms with Crippen molar-refractivity contribution in [1.29, 1.82) is 0 Å². The number of hydrogen-bond donors (Lipinski definition) is 2. The highest BCUT2D eigenvalue weighted by Gasteiger charge is 2.38. The van der Waals surface area contributed by atoms with Gasteiger partial charge < -0.3 is 15.4 Å². The standard InChI is InChI=1S/C21H21N5O3/c1-29-18-4-2-3-15(11-18)19(20(22)27)26-10-9-25(21(26)28)17-7-5-14(6-8-17)16-12-23-24-13-16/h2-8,11-13,19H,9-10H2,1H3,(H2,22,27)(H,23,24). The van der Waals surface area contributed by atoms with Gasteiger partial charge in [-0.3, -0.25) is 14.8 Å². The van der Waals surface area contributed by atoms with Gasteiger partial charge in [-0.05, 0) is 35.4 Å². The second-order valence-corrected chi connectivity index (χ2v) is 6.74. The smallest absolute Gasteiger partial charge is 0.325 e. The fourth-order valence-corrected chi connectivity index (χ4v) is 3.59. The molecule has 0 radical (unpaired) electrons. The van der Waals surface area contributed by atoms with Gasteiger partial charge in [0, 0.05) is 30.5 Å². The van der Waals surface area contributed by atoms with Crippen LogP contribution < -0.4 is 15.4 Å². The van der Waals surface area contributed by atoms with Crippen LogP contribution in [0, 0.1) is 0 Å². The molecule has 0 bridgehead atoms. The number of amides is 3. The first-order chi connectivity index (χ1) is 14.1. The van der Waals surface area contributed by atoms with Crippen LogP contribution in [0.1, 0.15) is 11.6 Å². The maximum atomic E-state index is 13.1. The Balaban J connectivity index is 1.57. The second kappa shape index (κ2) is 7.67. The lowest BCUT2D eigenvalue weighted by Crippen LogP contribution is -2.40. The molecule has 148 valence electrons. The zero-order valence-corrected chi connectivity index (χ0v) is 15.9. The Labute approximate surface area is 167 Å².